The van der Waals surface area contributed by atoms with Crippen molar-refractivity contribution in [3.8, 4) is 5.69 Å². The van der Waals surface area contributed by atoms with Crippen molar-refractivity contribution < 1.29 is 18.8 Å². The minimum Gasteiger partial charge on any atom is -0.324 e. The van der Waals surface area contributed by atoms with Gasteiger partial charge in [-0.2, -0.15) is 0 Å². The predicted molar refractivity (Wildman–Crippen MR) is 115 cm³/mol. The summed E-state index contributed by atoms with van der Waals surface area (Å²) in [6, 6.07) is 11.2. The molecule has 2 aliphatic rings. The molecular weight excluding hydrogens is 413 g/mol. The van der Waals surface area contributed by atoms with Gasteiger partial charge in [-0.1, -0.05) is 12.1 Å². The molecule has 5 rings (SSSR count). The maximum Gasteiger partial charge on any atom is 0.258 e. The number of aromatic nitrogens is 2. The van der Waals surface area contributed by atoms with E-state index in [-0.39, 0.29) is 30.5 Å². The molecule has 162 valence electrons. The van der Waals surface area contributed by atoms with Crippen LogP contribution in [0.25, 0.3) is 5.69 Å². The molecule has 1 N–H and O–H groups in total. The number of carbonyl (C=O) groups is 3. The zero-order valence-corrected chi connectivity index (χ0v) is 17.3. The average Bonchev–Trinajstić information content (AvgIpc) is 3.40. The van der Waals surface area contributed by atoms with Crippen LogP contribution in [0.5, 0.6) is 0 Å². The highest BCUT2D eigenvalue weighted by Gasteiger charge is 2.53. The van der Waals surface area contributed by atoms with E-state index in [4.69, 9.17) is 0 Å². The monoisotopic (exact) mass is 433 g/mol. The number of nitrogens with one attached hydrogen (secondary N) is 1. The topological polar surface area (TPSA) is 87.5 Å². The minimum absolute atomic E-state index is 0.0879. The highest BCUT2D eigenvalue weighted by Crippen LogP contribution is 2.43. The van der Waals surface area contributed by atoms with Gasteiger partial charge in [0.1, 0.15) is 18.0 Å². The summed E-state index contributed by atoms with van der Waals surface area (Å²) in [6.45, 7) is 1.52. The van der Waals surface area contributed by atoms with Crippen molar-refractivity contribution >= 4 is 29.1 Å². The molecule has 2 aliphatic heterocycles. The van der Waals surface area contributed by atoms with Crippen LogP contribution >= 0.6 is 0 Å². The molecule has 0 aliphatic carbocycles. The van der Waals surface area contributed by atoms with Crippen molar-refractivity contribution in [2.75, 3.05) is 16.8 Å². The first-order valence-corrected chi connectivity index (χ1v) is 10.2. The molecule has 3 amide bonds. The highest BCUT2D eigenvalue weighted by molar-refractivity contribution is 6.11. The molecule has 8 nitrogen and oxygen atoms in total. The Labute approximate surface area is 183 Å². The Kier molecular flexibility index (Phi) is 4.54. The van der Waals surface area contributed by atoms with E-state index in [9.17, 15) is 18.8 Å². The molecule has 1 atom stereocenters. The maximum atomic E-state index is 14.5. The summed E-state index contributed by atoms with van der Waals surface area (Å²) in [5, 5.41) is 2.65. The van der Waals surface area contributed by atoms with Gasteiger partial charge >= 0.3 is 0 Å². The third kappa shape index (κ3) is 3.05. The molecule has 0 bridgehead atoms. The van der Waals surface area contributed by atoms with E-state index in [1.165, 1.54) is 27.9 Å². The second-order valence-electron chi connectivity index (χ2n) is 8.04. The van der Waals surface area contributed by atoms with E-state index >= 15 is 0 Å². The number of benzene rings is 2. The molecule has 1 fully saturated rings. The first-order valence-electron chi connectivity index (χ1n) is 10.2. The summed E-state index contributed by atoms with van der Waals surface area (Å²) in [6.07, 6.45) is 5.35. The summed E-state index contributed by atoms with van der Waals surface area (Å²) in [5.74, 6) is -1.41. The van der Waals surface area contributed by atoms with Crippen molar-refractivity contribution in [1.29, 1.82) is 0 Å². The molecule has 1 aromatic heterocycles. The second-order valence-corrected chi connectivity index (χ2v) is 8.04. The summed E-state index contributed by atoms with van der Waals surface area (Å²) in [4.78, 5) is 45.6. The van der Waals surface area contributed by atoms with E-state index in [0.717, 1.165) is 0 Å². The molecule has 0 radical (unpaired) electrons. The number of para-hydroxylation sites is 1. The SMILES string of the molecule is CC12CCC(=O)N1c1ccccc1C(=O)N2CC(=O)Nc1ccc(-n2ccnc2)c(F)c1. The lowest BCUT2D eigenvalue weighted by Gasteiger charge is -2.48. The number of hydrogen-bond donors (Lipinski definition) is 1. The van der Waals surface area contributed by atoms with E-state index in [0.29, 0.717) is 23.4 Å². The number of hydrogen-bond acceptors (Lipinski definition) is 4. The number of nitrogens with zero attached hydrogens (tertiary/aromatic N) is 4. The quantitative estimate of drug-likeness (QED) is 0.685. The largest absolute Gasteiger partial charge is 0.324 e. The van der Waals surface area contributed by atoms with E-state index in [2.05, 4.69) is 10.3 Å². The van der Waals surface area contributed by atoms with Gasteiger partial charge in [0.15, 0.2) is 0 Å². The molecule has 9 heteroatoms. The van der Waals surface area contributed by atoms with Gasteiger partial charge in [-0.3, -0.25) is 19.3 Å². The Hall–Kier alpha value is -4.01. The number of anilines is 2. The van der Waals surface area contributed by atoms with Crippen LogP contribution in [-0.4, -0.2) is 44.4 Å². The van der Waals surface area contributed by atoms with Crippen LogP contribution in [0, 0.1) is 5.82 Å². The lowest BCUT2D eigenvalue weighted by molar-refractivity contribution is -0.120. The van der Waals surface area contributed by atoms with Crippen molar-refractivity contribution in [2.45, 2.75) is 25.4 Å². The fraction of sp³-hybridized carbons (Fsp3) is 0.217. The standard InChI is InChI=1S/C23H20FN5O3/c1-23-9-8-21(31)29(23)18-5-3-2-4-16(18)22(32)28(23)13-20(30)26-15-6-7-19(17(24)12-15)27-11-10-25-14-27/h2-7,10-12,14H,8-9,13H2,1H3,(H,26,30). The fourth-order valence-corrected chi connectivity index (χ4v) is 4.48. The number of rotatable bonds is 4. The van der Waals surface area contributed by atoms with Crippen molar-refractivity contribution in [2.24, 2.45) is 0 Å². The molecule has 2 aromatic carbocycles. The number of halogens is 1. The molecular formula is C23H20FN5O3. The molecule has 3 heterocycles. The highest BCUT2D eigenvalue weighted by atomic mass is 19.1. The third-order valence-corrected chi connectivity index (χ3v) is 6.06. The molecule has 1 unspecified atom stereocenters. The van der Waals surface area contributed by atoms with Crippen LogP contribution in [-0.2, 0) is 9.59 Å². The van der Waals surface area contributed by atoms with Crippen LogP contribution in [0.4, 0.5) is 15.8 Å². The summed E-state index contributed by atoms with van der Waals surface area (Å²) < 4.78 is 16.0. The van der Waals surface area contributed by atoms with E-state index in [1.807, 2.05) is 0 Å². The van der Waals surface area contributed by atoms with E-state index < -0.39 is 17.4 Å². The van der Waals surface area contributed by atoms with Gasteiger partial charge in [-0.05, 0) is 43.7 Å². The molecule has 0 saturated carbocycles. The van der Waals surface area contributed by atoms with Crippen molar-refractivity contribution in [3.63, 3.8) is 0 Å². The Balaban J connectivity index is 1.39. The normalized spacial score (nSPS) is 19.7. The average molecular weight is 433 g/mol. The van der Waals surface area contributed by atoms with Crippen LogP contribution in [0.1, 0.15) is 30.1 Å². The van der Waals surface area contributed by atoms with Crippen LogP contribution in [0.15, 0.2) is 61.2 Å². The lowest BCUT2D eigenvalue weighted by atomic mass is 9.98. The summed E-state index contributed by atoms with van der Waals surface area (Å²) in [5.41, 5.74) is 0.581. The Bertz CT molecular complexity index is 1240. The molecule has 0 spiro atoms. The van der Waals surface area contributed by atoms with Gasteiger partial charge in [0, 0.05) is 24.5 Å². The number of carbonyl (C=O) groups excluding carboxylic acids is 3. The summed E-state index contributed by atoms with van der Waals surface area (Å²) in [7, 11) is 0. The molecule has 32 heavy (non-hydrogen) atoms. The number of amides is 3. The van der Waals surface area contributed by atoms with Crippen LogP contribution in [0.2, 0.25) is 0 Å². The van der Waals surface area contributed by atoms with Gasteiger partial charge in [0.2, 0.25) is 11.8 Å². The second kappa shape index (κ2) is 7.30. The van der Waals surface area contributed by atoms with Gasteiger partial charge in [-0.15, -0.1) is 0 Å². The number of fused-ring (bicyclic) bond motifs is 3. The first-order chi connectivity index (χ1) is 15.4. The lowest BCUT2D eigenvalue weighted by Crippen LogP contribution is -2.63. The van der Waals surface area contributed by atoms with Gasteiger partial charge in [-0.25, -0.2) is 9.37 Å². The van der Waals surface area contributed by atoms with Crippen molar-refractivity contribution in [1.82, 2.24) is 14.5 Å². The van der Waals surface area contributed by atoms with Gasteiger partial charge in [0.25, 0.3) is 5.91 Å². The Morgan fingerprint density at radius 1 is 1.19 bits per heavy atom. The van der Waals surface area contributed by atoms with E-state index in [1.54, 1.807) is 54.5 Å². The Morgan fingerprint density at radius 3 is 2.75 bits per heavy atom. The smallest absolute Gasteiger partial charge is 0.258 e. The fourth-order valence-electron chi connectivity index (χ4n) is 4.48. The minimum atomic E-state index is -0.934. The molecule has 1 saturated heterocycles. The zero-order chi connectivity index (χ0) is 22.5. The zero-order valence-electron chi connectivity index (χ0n) is 17.3. The van der Waals surface area contributed by atoms with Crippen LogP contribution in [0.3, 0.4) is 0 Å². The third-order valence-electron chi connectivity index (χ3n) is 6.06. The summed E-state index contributed by atoms with van der Waals surface area (Å²) >= 11 is 0. The maximum absolute atomic E-state index is 14.5. The predicted octanol–water partition coefficient (Wildman–Crippen LogP) is 2.95. The van der Waals surface area contributed by atoms with Gasteiger partial charge in [0.05, 0.1) is 23.3 Å². The van der Waals surface area contributed by atoms with Crippen LogP contribution < -0.4 is 10.2 Å². The Morgan fingerprint density at radius 2 is 2.00 bits per heavy atom. The van der Waals surface area contributed by atoms with Gasteiger partial charge < -0.3 is 14.8 Å². The first kappa shape index (κ1) is 19.9. The number of imidazole rings is 1. The van der Waals surface area contributed by atoms with Crippen molar-refractivity contribution in [3.05, 3.63) is 72.6 Å². The molecule has 3 aromatic rings.